The van der Waals surface area contributed by atoms with Crippen molar-refractivity contribution in [1.82, 2.24) is 9.97 Å². The van der Waals surface area contributed by atoms with E-state index in [1.165, 1.54) is 31.7 Å². The Kier molecular flexibility index (Phi) is 4.89. The third-order valence-corrected chi connectivity index (χ3v) is 6.43. The Hall–Kier alpha value is -3.30. The molecule has 0 atom stereocenters. The Bertz CT molecular complexity index is 1240. The predicted molar refractivity (Wildman–Crippen MR) is 122 cm³/mol. The third-order valence-electron chi connectivity index (χ3n) is 5.20. The molecule has 0 saturated carbocycles. The maximum Gasteiger partial charge on any atom is 0.0804 e. The van der Waals surface area contributed by atoms with E-state index in [1.54, 1.807) is 0 Å². The van der Waals surface area contributed by atoms with E-state index in [-0.39, 0.29) is 0 Å². The first-order valence-corrected chi connectivity index (χ1v) is 10.6. The predicted octanol–water partition coefficient (Wildman–Crippen LogP) is 6.81. The summed E-state index contributed by atoms with van der Waals surface area (Å²) in [4.78, 5) is 10.5. The SMILES string of the molecule is c1ccc(-c2ccccc2CCc2c(-c3ccccn3)sc3ccccc23)nc1. The van der Waals surface area contributed by atoms with Crippen LogP contribution < -0.4 is 0 Å². The molecule has 0 N–H and O–H groups in total. The first-order valence-electron chi connectivity index (χ1n) is 9.81. The van der Waals surface area contributed by atoms with E-state index in [0.717, 1.165) is 24.2 Å². The lowest BCUT2D eigenvalue weighted by Gasteiger charge is -2.10. The van der Waals surface area contributed by atoms with Crippen molar-refractivity contribution in [2.24, 2.45) is 0 Å². The number of rotatable bonds is 5. The summed E-state index contributed by atoms with van der Waals surface area (Å²) in [6.45, 7) is 0. The van der Waals surface area contributed by atoms with Crippen LogP contribution in [-0.2, 0) is 12.8 Å². The van der Waals surface area contributed by atoms with Gasteiger partial charge in [0.25, 0.3) is 0 Å². The fraction of sp³-hybridized carbons (Fsp3) is 0.0769. The zero-order valence-electron chi connectivity index (χ0n) is 16.0. The Morgan fingerprint density at radius 3 is 2.10 bits per heavy atom. The van der Waals surface area contributed by atoms with E-state index in [9.17, 15) is 0 Å². The largest absolute Gasteiger partial charge is 0.256 e. The van der Waals surface area contributed by atoms with Crippen molar-refractivity contribution in [2.75, 3.05) is 0 Å². The number of aryl methyl sites for hydroxylation is 2. The smallest absolute Gasteiger partial charge is 0.0804 e. The lowest BCUT2D eigenvalue weighted by Crippen LogP contribution is -1.96. The van der Waals surface area contributed by atoms with Crippen molar-refractivity contribution in [3.05, 3.63) is 108 Å². The first-order chi connectivity index (χ1) is 14.4. The topological polar surface area (TPSA) is 25.8 Å². The van der Waals surface area contributed by atoms with E-state index in [0.29, 0.717) is 0 Å². The fourth-order valence-electron chi connectivity index (χ4n) is 3.82. The summed E-state index contributed by atoms with van der Waals surface area (Å²) >= 11 is 1.84. The molecule has 0 amide bonds. The molecule has 3 heterocycles. The lowest BCUT2D eigenvalue weighted by molar-refractivity contribution is 0.973. The number of hydrogen-bond donors (Lipinski definition) is 0. The minimum Gasteiger partial charge on any atom is -0.256 e. The van der Waals surface area contributed by atoms with Gasteiger partial charge in [-0.1, -0.05) is 54.6 Å². The number of thiophene rings is 1. The van der Waals surface area contributed by atoms with E-state index < -0.39 is 0 Å². The summed E-state index contributed by atoms with van der Waals surface area (Å²) in [6.07, 6.45) is 5.67. The molecule has 0 spiro atoms. The van der Waals surface area contributed by atoms with Gasteiger partial charge in [0.1, 0.15) is 0 Å². The monoisotopic (exact) mass is 392 g/mol. The Labute approximate surface area is 174 Å². The molecule has 0 aliphatic heterocycles. The molecule has 0 saturated heterocycles. The van der Waals surface area contributed by atoms with Crippen molar-refractivity contribution in [1.29, 1.82) is 0 Å². The van der Waals surface area contributed by atoms with Crippen LogP contribution in [0.25, 0.3) is 31.9 Å². The third kappa shape index (κ3) is 3.57. The van der Waals surface area contributed by atoms with Crippen molar-refractivity contribution >= 4 is 21.4 Å². The van der Waals surface area contributed by atoms with Crippen LogP contribution in [0.15, 0.2) is 97.3 Å². The van der Waals surface area contributed by atoms with Gasteiger partial charge in [-0.05, 0) is 59.7 Å². The molecule has 0 aliphatic rings. The maximum absolute atomic E-state index is 4.63. The van der Waals surface area contributed by atoms with Gasteiger partial charge in [-0.15, -0.1) is 11.3 Å². The summed E-state index contributed by atoms with van der Waals surface area (Å²) < 4.78 is 1.32. The van der Waals surface area contributed by atoms with E-state index in [4.69, 9.17) is 0 Å². The molecule has 0 radical (unpaired) electrons. The first kappa shape index (κ1) is 17.8. The molecule has 140 valence electrons. The van der Waals surface area contributed by atoms with Crippen molar-refractivity contribution < 1.29 is 0 Å². The van der Waals surface area contributed by atoms with Crippen LogP contribution in [0, 0.1) is 0 Å². The van der Waals surface area contributed by atoms with Gasteiger partial charge in [-0.25, -0.2) is 0 Å². The number of pyridine rings is 2. The Balaban J connectivity index is 1.54. The second kappa shape index (κ2) is 7.98. The van der Waals surface area contributed by atoms with Crippen LogP contribution >= 0.6 is 11.3 Å². The van der Waals surface area contributed by atoms with Crippen LogP contribution in [0.4, 0.5) is 0 Å². The van der Waals surface area contributed by atoms with Gasteiger partial charge in [0, 0.05) is 22.7 Å². The minimum atomic E-state index is 0.966. The summed E-state index contributed by atoms with van der Waals surface area (Å²) in [7, 11) is 0. The summed E-state index contributed by atoms with van der Waals surface area (Å²) in [6, 6.07) is 29.5. The standard InChI is InChI=1S/C26H20N2S/c1-2-10-20(23-12-5-7-17-27-23)19(9-1)15-16-22-21-11-3-4-14-25(21)29-26(22)24-13-6-8-18-28-24/h1-14,17-18H,15-16H2. The minimum absolute atomic E-state index is 0.966. The fourth-order valence-corrected chi connectivity index (χ4v) is 5.05. The second-order valence-corrected chi connectivity index (χ2v) is 8.05. The highest BCUT2D eigenvalue weighted by atomic mass is 32.1. The van der Waals surface area contributed by atoms with Crippen molar-refractivity contribution in [3.8, 4) is 21.8 Å². The van der Waals surface area contributed by atoms with Gasteiger partial charge in [0.05, 0.1) is 16.3 Å². The molecule has 0 bridgehead atoms. The molecule has 2 nitrogen and oxygen atoms in total. The molecule has 3 heteroatoms. The van der Waals surface area contributed by atoms with Crippen LogP contribution in [0.2, 0.25) is 0 Å². The van der Waals surface area contributed by atoms with E-state index >= 15 is 0 Å². The molecule has 3 aromatic heterocycles. The molecular formula is C26H20N2S. The van der Waals surface area contributed by atoms with Gasteiger partial charge >= 0.3 is 0 Å². The molecule has 29 heavy (non-hydrogen) atoms. The zero-order chi connectivity index (χ0) is 19.5. The van der Waals surface area contributed by atoms with Crippen LogP contribution in [0.1, 0.15) is 11.1 Å². The quantitative estimate of drug-likeness (QED) is 0.328. The number of nitrogens with zero attached hydrogens (tertiary/aromatic N) is 2. The lowest BCUT2D eigenvalue weighted by atomic mass is 9.96. The molecule has 0 fully saturated rings. The van der Waals surface area contributed by atoms with Crippen LogP contribution in [0.5, 0.6) is 0 Å². The van der Waals surface area contributed by atoms with Gasteiger partial charge in [-0.3, -0.25) is 9.97 Å². The average molecular weight is 393 g/mol. The summed E-state index contributed by atoms with van der Waals surface area (Å²) in [5.41, 5.74) is 6.02. The number of fused-ring (bicyclic) bond motifs is 1. The maximum atomic E-state index is 4.63. The zero-order valence-corrected chi connectivity index (χ0v) is 16.8. The van der Waals surface area contributed by atoms with E-state index in [1.807, 2.05) is 41.9 Å². The van der Waals surface area contributed by atoms with Gasteiger partial charge in [0.15, 0.2) is 0 Å². The highest BCUT2D eigenvalue weighted by molar-refractivity contribution is 7.22. The second-order valence-electron chi connectivity index (χ2n) is 6.99. The normalized spacial score (nSPS) is 11.0. The van der Waals surface area contributed by atoms with E-state index in [2.05, 4.69) is 76.7 Å². The number of aromatic nitrogens is 2. The highest BCUT2D eigenvalue weighted by Gasteiger charge is 2.15. The Morgan fingerprint density at radius 2 is 1.31 bits per heavy atom. The summed E-state index contributed by atoms with van der Waals surface area (Å²) in [5.74, 6) is 0. The van der Waals surface area contributed by atoms with Gasteiger partial charge in [-0.2, -0.15) is 0 Å². The average Bonchev–Trinajstić information content (AvgIpc) is 3.18. The molecule has 5 aromatic rings. The van der Waals surface area contributed by atoms with Crippen molar-refractivity contribution in [2.45, 2.75) is 12.8 Å². The highest BCUT2D eigenvalue weighted by Crippen LogP contribution is 2.38. The molecule has 0 unspecified atom stereocenters. The molecule has 0 aliphatic carbocycles. The number of hydrogen-bond acceptors (Lipinski definition) is 3. The molecule has 5 rings (SSSR count). The Morgan fingerprint density at radius 1 is 0.621 bits per heavy atom. The summed E-state index contributed by atoms with van der Waals surface area (Å²) in [5, 5.41) is 1.34. The molecule has 2 aromatic carbocycles. The van der Waals surface area contributed by atoms with Gasteiger partial charge < -0.3 is 0 Å². The molecular weight excluding hydrogens is 372 g/mol. The van der Waals surface area contributed by atoms with Crippen molar-refractivity contribution in [3.63, 3.8) is 0 Å². The van der Waals surface area contributed by atoms with Crippen LogP contribution in [0.3, 0.4) is 0 Å². The van der Waals surface area contributed by atoms with Gasteiger partial charge in [0.2, 0.25) is 0 Å². The van der Waals surface area contributed by atoms with Crippen LogP contribution in [-0.4, -0.2) is 9.97 Å². The number of benzene rings is 2.